The molecule has 0 bridgehead atoms. The molecule has 1 aromatic carbocycles. The molecule has 2 rings (SSSR count). The van der Waals surface area contributed by atoms with Gasteiger partial charge in [0.05, 0.1) is 11.7 Å². The lowest BCUT2D eigenvalue weighted by molar-refractivity contribution is -0.118. The normalized spacial score (nSPS) is 23.7. The van der Waals surface area contributed by atoms with Gasteiger partial charge in [0, 0.05) is 25.2 Å². The molecule has 0 saturated carbocycles. The van der Waals surface area contributed by atoms with E-state index in [1.807, 2.05) is 6.92 Å². The largest absolute Gasteiger partial charge is 0.322 e. The molecule has 1 aliphatic rings. The number of carbonyl (C=O) groups excluding carboxylic acids is 1. The summed E-state index contributed by atoms with van der Waals surface area (Å²) in [5.41, 5.74) is -0.138. The molecule has 18 heavy (non-hydrogen) atoms. The minimum absolute atomic E-state index is 0.138. The molecule has 98 valence electrons. The van der Waals surface area contributed by atoms with Crippen molar-refractivity contribution in [3.05, 3.63) is 29.8 Å². The monoisotopic (exact) mass is 255 g/mol. The highest BCUT2D eigenvalue weighted by molar-refractivity contribution is 5.95. The zero-order valence-electron chi connectivity index (χ0n) is 9.97. The van der Waals surface area contributed by atoms with Gasteiger partial charge in [0.1, 0.15) is 11.6 Å². The maximum atomic E-state index is 13.3. The fourth-order valence-electron chi connectivity index (χ4n) is 1.78. The lowest BCUT2D eigenvalue weighted by Crippen LogP contribution is -2.57. The van der Waals surface area contributed by atoms with Crippen LogP contribution in [0.25, 0.3) is 0 Å². The first-order valence-electron chi connectivity index (χ1n) is 5.79. The molecule has 0 radical (unpaired) electrons. The maximum absolute atomic E-state index is 13.3. The molecule has 1 heterocycles. The van der Waals surface area contributed by atoms with Crippen LogP contribution in [-0.2, 0) is 4.79 Å². The highest BCUT2D eigenvalue weighted by Crippen LogP contribution is 2.15. The number of hydrogen-bond acceptors (Lipinski definition) is 3. The fourth-order valence-corrected chi connectivity index (χ4v) is 1.78. The zero-order chi connectivity index (χ0) is 13.1. The molecule has 0 aliphatic carbocycles. The highest BCUT2D eigenvalue weighted by atomic mass is 19.1. The predicted octanol–water partition coefficient (Wildman–Crippen LogP) is 0.853. The lowest BCUT2D eigenvalue weighted by Gasteiger charge is -2.28. The summed E-state index contributed by atoms with van der Waals surface area (Å²) < 4.78 is 26.3. The van der Waals surface area contributed by atoms with Crippen LogP contribution in [0.4, 0.5) is 14.5 Å². The smallest absolute Gasteiger partial charge is 0.242 e. The number of nitrogens with one attached hydrogen (secondary N) is 3. The van der Waals surface area contributed by atoms with E-state index >= 15 is 0 Å². The van der Waals surface area contributed by atoms with Crippen molar-refractivity contribution in [2.24, 2.45) is 0 Å². The van der Waals surface area contributed by atoms with Gasteiger partial charge in [-0.25, -0.2) is 8.78 Å². The van der Waals surface area contributed by atoms with Crippen LogP contribution < -0.4 is 16.0 Å². The number of benzene rings is 1. The van der Waals surface area contributed by atoms with Crippen molar-refractivity contribution in [3.63, 3.8) is 0 Å². The molecule has 0 spiro atoms. The number of piperazine rings is 1. The van der Waals surface area contributed by atoms with E-state index in [4.69, 9.17) is 0 Å². The van der Waals surface area contributed by atoms with Crippen molar-refractivity contribution in [2.75, 3.05) is 18.4 Å². The van der Waals surface area contributed by atoms with Gasteiger partial charge in [-0.2, -0.15) is 0 Å². The number of amides is 1. The summed E-state index contributed by atoms with van der Waals surface area (Å²) in [6.45, 7) is 3.11. The van der Waals surface area contributed by atoms with E-state index in [0.29, 0.717) is 19.1 Å². The standard InChI is InChI=1S/C12H15F2N3O/c1-7-5-16-11(6-15-7)12(18)17-10-4-8(13)2-3-9(10)14/h2-4,7,11,15-16H,5-6H2,1H3,(H,17,18). The Balaban J connectivity index is 2.00. The van der Waals surface area contributed by atoms with Crippen molar-refractivity contribution in [2.45, 2.75) is 19.0 Å². The minimum Gasteiger partial charge on any atom is -0.322 e. The van der Waals surface area contributed by atoms with E-state index in [1.165, 1.54) is 0 Å². The van der Waals surface area contributed by atoms with Gasteiger partial charge in [-0.1, -0.05) is 0 Å². The third kappa shape index (κ3) is 3.02. The Morgan fingerprint density at radius 3 is 2.78 bits per heavy atom. The lowest BCUT2D eigenvalue weighted by atomic mass is 10.1. The summed E-state index contributed by atoms with van der Waals surface area (Å²) >= 11 is 0. The van der Waals surface area contributed by atoms with Gasteiger partial charge in [0.25, 0.3) is 0 Å². The number of halogens is 2. The molecule has 6 heteroatoms. The quantitative estimate of drug-likeness (QED) is 0.734. The average molecular weight is 255 g/mol. The minimum atomic E-state index is -0.651. The Hall–Kier alpha value is -1.53. The Morgan fingerprint density at radius 1 is 1.33 bits per heavy atom. The van der Waals surface area contributed by atoms with Gasteiger partial charge >= 0.3 is 0 Å². The Morgan fingerprint density at radius 2 is 2.11 bits per heavy atom. The van der Waals surface area contributed by atoms with Crippen LogP contribution in [0, 0.1) is 11.6 Å². The summed E-state index contributed by atoms with van der Waals surface area (Å²) in [5.74, 6) is -1.61. The second-order valence-electron chi connectivity index (χ2n) is 4.38. The molecular formula is C12H15F2N3O. The van der Waals surface area contributed by atoms with Gasteiger partial charge in [-0.3, -0.25) is 4.79 Å². The topological polar surface area (TPSA) is 53.2 Å². The molecule has 3 N–H and O–H groups in total. The van der Waals surface area contributed by atoms with Crippen LogP contribution in [0.1, 0.15) is 6.92 Å². The van der Waals surface area contributed by atoms with E-state index in [0.717, 1.165) is 18.2 Å². The molecule has 2 atom stereocenters. The highest BCUT2D eigenvalue weighted by Gasteiger charge is 2.23. The van der Waals surface area contributed by atoms with E-state index in [1.54, 1.807) is 0 Å². The van der Waals surface area contributed by atoms with Crippen LogP contribution in [-0.4, -0.2) is 31.1 Å². The van der Waals surface area contributed by atoms with Crippen LogP contribution in [0.5, 0.6) is 0 Å². The molecule has 1 saturated heterocycles. The van der Waals surface area contributed by atoms with E-state index < -0.39 is 17.7 Å². The van der Waals surface area contributed by atoms with Crippen molar-refractivity contribution in [3.8, 4) is 0 Å². The fraction of sp³-hybridized carbons (Fsp3) is 0.417. The molecule has 2 unspecified atom stereocenters. The SMILES string of the molecule is CC1CNC(C(=O)Nc2cc(F)ccc2F)CN1. The van der Waals surface area contributed by atoms with Crippen molar-refractivity contribution in [1.29, 1.82) is 0 Å². The van der Waals surface area contributed by atoms with Gasteiger partial charge in [-0.05, 0) is 19.1 Å². The Labute approximate surface area is 104 Å². The summed E-state index contributed by atoms with van der Waals surface area (Å²) in [6, 6.07) is 2.81. The van der Waals surface area contributed by atoms with Crippen molar-refractivity contribution >= 4 is 11.6 Å². The van der Waals surface area contributed by atoms with Crippen molar-refractivity contribution in [1.82, 2.24) is 10.6 Å². The summed E-state index contributed by atoms with van der Waals surface area (Å²) in [5, 5.41) is 8.54. The van der Waals surface area contributed by atoms with Crippen LogP contribution in [0.3, 0.4) is 0 Å². The first kappa shape index (κ1) is 12.9. The first-order valence-corrected chi connectivity index (χ1v) is 5.79. The van der Waals surface area contributed by atoms with Gasteiger partial charge in [-0.15, -0.1) is 0 Å². The number of anilines is 1. The Bertz CT molecular complexity index is 445. The van der Waals surface area contributed by atoms with Crippen LogP contribution in [0.2, 0.25) is 0 Å². The molecule has 1 amide bonds. The van der Waals surface area contributed by atoms with E-state index in [-0.39, 0.29) is 11.6 Å². The molecule has 1 fully saturated rings. The number of hydrogen-bond donors (Lipinski definition) is 3. The predicted molar refractivity (Wildman–Crippen MR) is 64.2 cm³/mol. The molecule has 1 aliphatic heterocycles. The van der Waals surface area contributed by atoms with E-state index in [2.05, 4.69) is 16.0 Å². The molecule has 1 aromatic rings. The van der Waals surface area contributed by atoms with Gasteiger partial charge in [0.15, 0.2) is 0 Å². The molecule has 0 aromatic heterocycles. The maximum Gasteiger partial charge on any atom is 0.242 e. The number of rotatable bonds is 2. The third-order valence-corrected chi connectivity index (χ3v) is 2.84. The second kappa shape index (κ2) is 5.41. The number of carbonyl (C=O) groups is 1. The van der Waals surface area contributed by atoms with Crippen LogP contribution >= 0.6 is 0 Å². The Kier molecular flexibility index (Phi) is 3.88. The van der Waals surface area contributed by atoms with Gasteiger partial charge < -0.3 is 16.0 Å². The summed E-state index contributed by atoms with van der Waals surface area (Å²) in [4.78, 5) is 11.8. The van der Waals surface area contributed by atoms with Crippen LogP contribution in [0.15, 0.2) is 18.2 Å². The molecule has 4 nitrogen and oxygen atoms in total. The van der Waals surface area contributed by atoms with E-state index in [9.17, 15) is 13.6 Å². The summed E-state index contributed by atoms with van der Waals surface area (Å²) in [6.07, 6.45) is 0. The van der Waals surface area contributed by atoms with Crippen molar-refractivity contribution < 1.29 is 13.6 Å². The zero-order valence-corrected chi connectivity index (χ0v) is 9.97. The second-order valence-corrected chi connectivity index (χ2v) is 4.38. The molecular weight excluding hydrogens is 240 g/mol. The van der Waals surface area contributed by atoms with Gasteiger partial charge in [0.2, 0.25) is 5.91 Å². The summed E-state index contributed by atoms with van der Waals surface area (Å²) in [7, 11) is 0. The third-order valence-electron chi connectivity index (χ3n) is 2.84. The first-order chi connectivity index (χ1) is 8.56. The average Bonchev–Trinajstić information content (AvgIpc) is 2.34.